The highest BCUT2D eigenvalue weighted by atomic mass is 32.2. The Hall–Kier alpha value is -2.24. The standard InChI is InChI=1S/C19H18N2OS2/c1-13-8-16(11-17(9-13)21-23-2)20-19(22)18-10-15(12-24-18)14-6-4-3-5-7-14/h3-12,21H,1-2H3,(H,20,22). The molecule has 3 aromatic rings. The van der Waals surface area contributed by atoms with Gasteiger partial charge in [0.15, 0.2) is 0 Å². The number of carbonyl (C=O) groups excluding carboxylic acids is 1. The summed E-state index contributed by atoms with van der Waals surface area (Å²) in [5, 5.41) is 5.00. The molecule has 0 saturated heterocycles. The van der Waals surface area contributed by atoms with E-state index in [2.05, 4.69) is 10.0 Å². The zero-order chi connectivity index (χ0) is 16.9. The molecular weight excluding hydrogens is 336 g/mol. The predicted molar refractivity (Wildman–Crippen MR) is 106 cm³/mol. The number of carbonyl (C=O) groups is 1. The van der Waals surface area contributed by atoms with Gasteiger partial charge < -0.3 is 10.0 Å². The molecule has 2 N–H and O–H groups in total. The van der Waals surface area contributed by atoms with Crippen LogP contribution in [0.25, 0.3) is 11.1 Å². The Labute approximate surface area is 150 Å². The van der Waals surface area contributed by atoms with Gasteiger partial charge in [0.1, 0.15) is 0 Å². The molecule has 0 aliphatic heterocycles. The molecule has 1 amide bonds. The number of anilines is 2. The topological polar surface area (TPSA) is 41.1 Å². The molecule has 5 heteroatoms. The van der Waals surface area contributed by atoms with E-state index in [4.69, 9.17) is 0 Å². The van der Waals surface area contributed by atoms with Gasteiger partial charge in [-0.3, -0.25) is 4.79 Å². The summed E-state index contributed by atoms with van der Waals surface area (Å²) in [5.41, 5.74) is 5.07. The quantitative estimate of drug-likeness (QED) is 0.580. The van der Waals surface area contributed by atoms with Crippen LogP contribution in [0.4, 0.5) is 11.4 Å². The lowest BCUT2D eigenvalue weighted by Gasteiger charge is -2.09. The van der Waals surface area contributed by atoms with E-state index in [1.807, 2.05) is 73.2 Å². The maximum absolute atomic E-state index is 12.5. The number of hydrogen-bond acceptors (Lipinski definition) is 4. The fourth-order valence-corrected chi connectivity index (χ4v) is 3.63. The van der Waals surface area contributed by atoms with Gasteiger partial charge in [0.05, 0.1) is 4.88 Å². The van der Waals surface area contributed by atoms with Gasteiger partial charge >= 0.3 is 0 Å². The maximum Gasteiger partial charge on any atom is 0.265 e. The third kappa shape index (κ3) is 3.99. The molecule has 0 aliphatic rings. The average molecular weight is 354 g/mol. The van der Waals surface area contributed by atoms with Crippen LogP contribution in [0.1, 0.15) is 15.2 Å². The number of hydrogen-bond donors (Lipinski definition) is 2. The van der Waals surface area contributed by atoms with Crippen molar-refractivity contribution in [3.8, 4) is 11.1 Å². The summed E-state index contributed by atoms with van der Waals surface area (Å²) >= 11 is 2.99. The van der Waals surface area contributed by atoms with Gasteiger partial charge in [0.2, 0.25) is 0 Å². The zero-order valence-corrected chi connectivity index (χ0v) is 15.1. The smallest absolute Gasteiger partial charge is 0.265 e. The van der Waals surface area contributed by atoms with Crippen molar-refractivity contribution in [3.63, 3.8) is 0 Å². The molecule has 2 aromatic carbocycles. The lowest BCUT2D eigenvalue weighted by atomic mass is 10.1. The largest absolute Gasteiger partial charge is 0.330 e. The van der Waals surface area contributed by atoms with E-state index >= 15 is 0 Å². The Bertz CT molecular complexity index is 844. The van der Waals surface area contributed by atoms with Crippen molar-refractivity contribution < 1.29 is 4.79 Å². The van der Waals surface area contributed by atoms with E-state index in [1.165, 1.54) is 23.3 Å². The number of nitrogens with one attached hydrogen (secondary N) is 2. The minimum atomic E-state index is -0.0807. The van der Waals surface area contributed by atoms with Crippen molar-refractivity contribution in [2.24, 2.45) is 0 Å². The van der Waals surface area contributed by atoms with Crippen LogP contribution in [-0.4, -0.2) is 12.2 Å². The summed E-state index contributed by atoms with van der Waals surface area (Å²) in [6.45, 7) is 2.01. The summed E-state index contributed by atoms with van der Waals surface area (Å²) in [4.78, 5) is 13.2. The summed E-state index contributed by atoms with van der Waals surface area (Å²) < 4.78 is 3.20. The normalized spacial score (nSPS) is 10.4. The zero-order valence-electron chi connectivity index (χ0n) is 13.5. The molecule has 0 spiro atoms. The van der Waals surface area contributed by atoms with Gasteiger partial charge in [0, 0.05) is 17.6 Å². The third-order valence-corrected chi connectivity index (χ3v) is 4.85. The van der Waals surface area contributed by atoms with Crippen LogP contribution in [0, 0.1) is 6.92 Å². The van der Waals surface area contributed by atoms with Crippen LogP contribution < -0.4 is 10.0 Å². The molecule has 3 nitrogen and oxygen atoms in total. The van der Waals surface area contributed by atoms with Gasteiger partial charge in [-0.2, -0.15) is 0 Å². The molecule has 0 bridgehead atoms. The molecule has 24 heavy (non-hydrogen) atoms. The summed E-state index contributed by atoms with van der Waals surface area (Å²) in [6.07, 6.45) is 1.97. The number of benzene rings is 2. The Balaban J connectivity index is 1.77. The summed E-state index contributed by atoms with van der Waals surface area (Å²) in [5.74, 6) is -0.0807. The second-order valence-corrected chi connectivity index (χ2v) is 6.94. The fourth-order valence-electron chi connectivity index (χ4n) is 2.46. The summed E-state index contributed by atoms with van der Waals surface area (Å²) in [7, 11) is 0. The van der Waals surface area contributed by atoms with Crippen molar-refractivity contribution >= 4 is 40.6 Å². The molecule has 0 radical (unpaired) electrons. The van der Waals surface area contributed by atoms with Crippen LogP contribution in [0.3, 0.4) is 0 Å². The molecule has 1 aromatic heterocycles. The first-order valence-electron chi connectivity index (χ1n) is 7.52. The minimum Gasteiger partial charge on any atom is -0.330 e. The van der Waals surface area contributed by atoms with E-state index < -0.39 is 0 Å². The van der Waals surface area contributed by atoms with Crippen LogP contribution in [0.15, 0.2) is 60.0 Å². The first-order valence-corrected chi connectivity index (χ1v) is 9.62. The monoisotopic (exact) mass is 354 g/mol. The Morgan fingerprint density at radius 3 is 2.50 bits per heavy atom. The van der Waals surface area contributed by atoms with Crippen molar-refractivity contribution in [2.45, 2.75) is 6.92 Å². The van der Waals surface area contributed by atoms with Crippen molar-refractivity contribution in [1.82, 2.24) is 0 Å². The number of rotatable bonds is 5. The van der Waals surface area contributed by atoms with Crippen LogP contribution >= 0.6 is 23.3 Å². The number of aryl methyl sites for hydroxylation is 1. The molecule has 0 saturated carbocycles. The molecule has 0 fully saturated rings. The Morgan fingerprint density at radius 1 is 1.00 bits per heavy atom. The first kappa shape index (κ1) is 16.6. The average Bonchev–Trinajstić information content (AvgIpc) is 3.05. The molecule has 3 rings (SSSR count). The number of thiophene rings is 1. The van der Waals surface area contributed by atoms with E-state index in [-0.39, 0.29) is 5.91 Å². The van der Waals surface area contributed by atoms with Gasteiger partial charge in [-0.15, -0.1) is 11.3 Å². The van der Waals surface area contributed by atoms with Crippen molar-refractivity contribution in [1.29, 1.82) is 0 Å². The fraction of sp³-hybridized carbons (Fsp3) is 0.105. The first-order chi connectivity index (χ1) is 11.7. The van der Waals surface area contributed by atoms with Crippen LogP contribution in [0.2, 0.25) is 0 Å². The second kappa shape index (κ2) is 7.55. The maximum atomic E-state index is 12.5. The Morgan fingerprint density at radius 2 is 1.75 bits per heavy atom. The van der Waals surface area contributed by atoms with Gasteiger partial charge in [-0.1, -0.05) is 42.3 Å². The van der Waals surface area contributed by atoms with Crippen molar-refractivity contribution in [3.05, 3.63) is 70.4 Å². The van der Waals surface area contributed by atoms with Gasteiger partial charge in [0.25, 0.3) is 5.91 Å². The van der Waals surface area contributed by atoms with E-state index in [9.17, 15) is 4.79 Å². The summed E-state index contributed by atoms with van der Waals surface area (Å²) in [6, 6.07) is 18.0. The van der Waals surface area contributed by atoms with Gasteiger partial charge in [-0.05, 0) is 53.3 Å². The van der Waals surface area contributed by atoms with Gasteiger partial charge in [-0.25, -0.2) is 0 Å². The number of amides is 1. The van der Waals surface area contributed by atoms with E-state index in [0.717, 1.165) is 28.1 Å². The van der Waals surface area contributed by atoms with E-state index in [0.29, 0.717) is 4.88 Å². The molecule has 122 valence electrons. The third-order valence-electron chi connectivity index (χ3n) is 3.49. The molecule has 0 atom stereocenters. The van der Waals surface area contributed by atoms with E-state index in [1.54, 1.807) is 0 Å². The lowest BCUT2D eigenvalue weighted by Crippen LogP contribution is -2.10. The molecule has 1 heterocycles. The molecular formula is C19H18N2OS2. The van der Waals surface area contributed by atoms with Crippen LogP contribution in [-0.2, 0) is 0 Å². The highest BCUT2D eigenvalue weighted by Gasteiger charge is 2.11. The second-order valence-electron chi connectivity index (χ2n) is 5.41. The minimum absolute atomic E-state index is 0.0807. The predicted octanol–water partition coefficient (Wildman–Crippen LogP) is 5.67. The Kier molecular flexibility index (Phi) is 5.23. The van der Waals surface area contributed by atoms with Crippen molar-refractivity contribution in [2.75, 3.05) is 16.3 Å². The highest BCUT2D eigenvalue weighted by molar-refractivity contribution is 7.99. The van der Waals surface area contributed by atoms with Crippen LogP contribution in [0.5, 0.6) is 0 Å². The molecule has 0 unspecified atom stereocenters. The highest BCUT2D eigenvalue weighted by Crippen LogP contribution is 2.27. The molecule has 0 aliphatic carbocycles. The lowest BCUT2D eigenvalue weighted by molar-refractivity contribution is 0.103. The SMILES string of the molecule is CSNc1cc(C)cc(NC(=O)c2cc(-c3ccccc3)cs2)c1.